The number of rotatable bonds is 2. The van der Waals surface area contributed by atoms with Crippen LogP contribution < -0.4 is 0 Å². The Morgan fingerprint density at radius 2 is 1.81 bits per heavy atom. The summed E-state index contributed by atoms with van der Waals surface area (Å²) in [5, 5.41) is 0. The van der Waals surface area contributed by atoms with Crippen molar-refractivity contribution in [1.29, 1.82) is 0 Å². The molecule has 2 nitrogen and oxygen atoms in total. The molecule has 0 atom stereocenters. The van der Waals surface area contributed by atoms with Gasteiger partial charge < -0.3 is 0 Å². The summed E-state index contributed by atoms with van der Waals surface area (Å²) < 4.78 is 5.87. The van der Waals surface area contributed by atoms with Crippen LogP contribution in [0.4, 0.5) is 0 Å². The zero-order chi connectivity index (χ0) is 12.2. The number of ether oxygens (including phenoxy) is 1. The van der Waals surface area contributed by atoms with Gasteiger partial charge in [0, 0.05) is 0 Å². The Morgan fingerprint density at radius 1 is 1.25 bits per heavy atom. The number of carbonyl (C=O) groups is 1. The predicted molar refractivity (Wildman–Crippen MR) is 62.2 cm³/mol. The van der Waals surface area contributed by atoms with Crippen LogP contribution in [-0.4, -0.2) is 15.7 Å². The fourth-order valence-corrected chi connectivity index (χ4v) is 2.47. The first-order valence-electron chi connectivity index (χ1n) is 4.82. The Bertz CT molecular complexity index is 393. The van der Waals surface area contributed by atoms with Gasteiger partial charge in [0.25, 0.3) is 0 Å². The Hall–Kier alpha value is -0.527. The van der Waals surface area contributed by atoms with E-state index in [0.29, 0.717) is 4.11 Å². The Kier molecular flexibility index (Phi) is 4.82. The average Bonchev–Trinajstić information content (AvgIpc) is 2.17. The average molecular weight is 329 g/mol. The van der Waals surface area contributed by atoms with Crippen molar-refractivity contribution >= 4 is 19.8 Å². The van der Waals surface area contributed by atoms with Crippen molar-refractivity contribution in [3.05, 3.63) is 35.9 Å². The molecule has 1 aromatic carbocycles. The first-order chi connectivity index (χ1) is 7.44. The van der Waals surface area contributed by atoms with Crippen LogP contribution in [0.3, 0.4) is 0 Å². The summed E-state index contributed by atoms with van der Waals surface area (Å²) >= 11 is -0.465. The van der Waals surface area contributed by atoms with Crippen LogP contribution in [0.15, 0.2) is 30.3 Å². The van der Waals surface area contributed by atoms with Crippen LogP contribution in [0, 0.1) is 0 Å². The molecule has 0 amide bonds. The number of halogens is 1. The van der Waals surface area contributed by atoms with Crippen molar-refractivity contribution in [2.45, 2.75) is 26.4 Å². The van der Waals surface area contributed by atoms with Gasteiger partial charge in [0.05, 0.1) is 0 Å². The van der Waals surface area contributed by atoms with E-state index in [1.54, 1.807) is 0 Å². The monoisotopic (exact) mass is 328 g/mol. The zero-order valence-corrected chi connectivity index (χ0v) is 11.8. The minimum absolute atomic E-state index is 0.322. The van der Waals surface area contributed by atoms with Gasteiger partial charge in [-0.1, -0.05) is 0 Å². The molecule has 0 saturated carbocycles. The molecule has 0 aliphatic rings. The fourth-order valence-electron chi connectivity index (χ4n) is 1.08. The molecule has 0 aromatic heterocycles. The normalized spacial score (nSPS) is 13.4. The standard InChI is InChI=1S/C12H14O2.ClH.Rh/c1-12(2,3)14-11(13)9-10-7-5-4-6-8-10;;/h4-8H,1-3H3;1H;/q;;+1/p-1. The van der Waals surface area contributed by atoms with Crippen molar-refractivity contribution in [3.8, 4) is 0 Å². The third-order valence-corrected chi connectivity index (χ3v) is 3.51. The fraction of sp³-hybridized carbons (Fsp3) is 0.333. The molecule has 0 fully saturated rings. The molecule has 0 radical (unpaired) electrons. The second-order valence-corrected chi connectivity index (χ2v) is 6.10. The molecule has 0 N–H and O–H groups in total. The molecule has 0 aliphatic heterocycles. The van der Waals surface area contributed by atoms with Gasteiger partial charge in [-0.15, -0.1) is 0 Å². The van der Waals surface area contributed by atoms with E-state index in [0.717, 1.165) is 5.56 Å². The van der Waals surface area contributed by atoms with E-state index in [4.69, 9.17) is 14.4 Å². The molecule has 1 aromatic rings. The van der Waals surface area contributed by atoms with Crippen LogP contribution in [0.25, 0.3) is 0 Å². The van der Waals surface area contributed by atoms with E-state index < -0.39 is 21.3 Å². The molecular formula is C12H14ClO2Rh. The molecule has 4 heteroatoms. The number of benzene rings is 1. The quantitative estimate of drug-likeness (QED) is 0.616. The number of esters is 1. The van der Waals surface area contributed by atoms with Gasteiger partial charge in [0.1, 0.15) is 0 Å². The second-order valence-electron chi connectivity index (χ2n) is 4.22. The minimum atomic E-state index is -0.486. The Labute approximate surface area is 107 Å². The van der Waals surface area contributed by atoms with Gasteiger partial charge in [0.15, 0.2) is 0 Å². The summed E-state index contributed by atoms with van der Waals surface area (Å²) in [4.78, 5) is 11.9. The first-order valence-corrected chi connectivity index (χ1v) is 7.75. The van der Waals surface area contributed by atoms with Gasteiger partial charge in [-0.3, -0.25) is 0 Å². The van der Waals surface area contributed by atoms with Crippen molar-refractivity contribution in [3.63, 3.8) is 0 Å². The summed E-state index contributed by atoms with van der Waals surface area (Å²) in [6, 6.07) is 9.39. The summed E-state index contributed by atoms with van der Waals surface area (Å²) in [6.07, 6.45) is 0. The van der Waals surface area contributed by atoms with Crippen LogP contribution >= 0.6 is 9.69 Å². The maximum absolute atomic E-state index is 11.9. The Balaban J connectivity index is 2.90. The van der Waals surface area contributed by atoms with Crippen molar-refractivity contribution in [2.75, 3.05) is 0 Å². The van der Waals surface area contributed by atoms with Crippen molar-refractivity contribution in [1.82, 2.24) is 0 Å². The van der Waals surface area contributed by atoms with Crippen molar-refractivity contribution < 1.29 is 25.2 Å². The van der Waals surface area contributed by atoms with E-state index in [1.165, 1.54) is 0 Å². The van der Waals surface area contributed by atoms with Crippen LogP contribution in [-0.2, 0) is 25.2 Å². The Morgan fingerprint density at radius 3 is 2.25 bits per heavy atom. The molecule has 0 heterocycles. The van der Waals surface area contributed by atoms with E-state index in [2.05, 4.69) is 0 Å². The molecule has 0 saturated heterocycles. The number of hydrogen-bond acceptors (Lipinski definition) is 2. The van der Waals surface area contributed by atoms with Gasteiger partial charge in [-0.05, 0) is 0 Å². The third-order valence-electron chi connectivity index (χ3n) is 1.65. The summed E-state index contributed by atoms with van der Waals surface area (Å²) in [5.74, 6) is -0.322. The van der Waals surface area contributed by atoms with Gasteiger partial charge in [-0.25, -0.2) is 0 Å². The van der Waals surface area contributed by atoms with E-state index in [1.807, 2.05) is 51.1 Å². The summed E-state index contributed by atoms with van der Waals surface area (Å²) in [7, 11) is 5.86. The topological polar surface area (TPSA) is 26.3 Å². The van der Waals surface area contributed by atoms with Gasteiger partial charge in [-0.2, -0.15) is 0 Å². The van der Waals surface area contributed by atoms with Crippen LogP contribution in [0.2, 0.25) is 0 Å². The SMILES string of the molecule is CC(C)(C)OC(=O)[C](=[Rh][Cl])c1ccccc1. The molecule has 0 bridgehead atoms. The molecular weight excluding hydrogens is 314 g/mol. The number of carbonyl (C=O) groups excluding carboxylic acids is 1. The van der Waals surface area contributed by atoms with Crippen molar-refractivity contribution in [2.24, 2.45) is 0 Å². The van der Waals surface area contributed by atoms with Crippen LogP contribution in [0.5, 0.6) is 0 Å². The second kappa shape index (κ2) is 5.70. The molecule has 90 valence electrons. The molecule has 0 aliphatic carbocycles. The summed E-state index contributed by atoms with van der Waals surface area (Å²) in [5.41, 5.74) is 0.357. The first kappa shape index (κ1) is 13.5. The maximum atomic E-state index is 11.9. The predicted octanol–water partition coefficient (Wildman–Crippen LogP) is 2.79. The zero-order valence-electron chi connectivity index (χ0n) is 9.41. The molecule has 0 spiro atoms. The molecule has 16 heavy (non-hydrogen) atoms. The van der Waals surface area contributed by atoms with E-state index >= 15 is 0 Å². The molecule has 1 rings (SSSR count). The van der Waals surface area contributed by atoms with Gasteiger partial charge in [0.2, 0.25) is 0 Å². The van der Waals surface area contributed by atoms with Crippen LogP contribution in [0.1, 0.15) is 26.3 Å². The number of hydrogen-bond donors (Lipinski definition) is 0. The third kappa shape index (κ3) is 4.15. The van der Waals surface area contributed by atoms with E-state index in [-0.39, 0.29) is 5.97 Å². The molecule has 0 unspecified atom stereocenters. The van der Waals surface area contributed by atoms with Gasteiger partial charge >= 0.3 is 107 Å². The van der Waals surface area contributed by atoms with E-state index in [9.17, 15) is 4.79 Å². The summed E-state index contributed by atoms with van der Waals surface area (Å²) in [6.45, 7) is 5.53.